The first-order valence-corrected chi connectivity index (χ1v) is 9.88. The van der Waals surface area contributed by atoms with E-state index in [2.05, 4.69) is 20.1 Å². The van der Waals surface area contributed by atoms with E-state index in [1.54, 1.807) is 30.3 Å². The maximum absolute atomic E-state index is 14.8. The summed E-state index contributed by atoms with van der Waals surface area (Å²) >= 11 is 0. The van der Waals surface area contributed by atoms with E-state index in [0.717, 1.165) is 23.9 Å². The molecule has 0 fully saturated rings. The van der Waals surface area contributed by atoms with Crippen molar-refractivity contribution in [3.8, 4) is 0 Å². The number of nitrogens with zero attached hydrogens (tertiary/aromatic N) is 5. The number of rotatable bonds is 8. The second kappa shape index (κ2) is 9.25. The first kappa shape index (κ1) is 22.2. The van der Waals surface area contributed by atoms with E-state index < -0.39 is 28.7 Å². The monoisotopic (exact) mass is 456 g/mol. The molecule has 0 aliphatic rings. The Balaban J connectivity index is 1.80. The van der Waals surface area contributed by atoms with E-state index in [-0.39, 0.29) is 31.0 Å². The smallest absolute Gasteiger partial charge is 0.346 e. The van der Waals surface area contributed by atoms with Gasteiger partial charge in [-0.25, -0.2) is 27.6 Å². The van der Waals surface area contributed by atoms with Crippen LogP contribution < -0.4 is 10.6 Å². The van der Waals surface area contributed by atoms with Crippen molar-refractivity contribution in [2.45, 2.75) is 18.7 Å². The minimum atomic E-state index is -2.02. The van der Waals surface area contributed by atoms with Crippen molar-refractivity contribution in [3.63, 3.8) is 0 Å². The third kappa shape index (κ3) is 5.09. The van der Waals surface area contributed by atoms with Crippen LogP contribution in [-0.2, 0) is 18.7 Å². The van der Waals surface area contributed by atoms with Crippen molar-refractivity contribution in [3.05, 3.63) is 106 Å². The van der Waals surface area contributed by atoms with Gasteiger partial charge in [0.1, 0.15) is 35.7 Å². The van der Waals surface area contributed by atoms with Crippen LogP contribution in [0.4, 0.5) is 19.0 Å². The average Bonchev–Trinajstić information content (AvgIpc) is 3.28. The Morgan fingerprint density at radius 2 is 1.88 bits per heavy atom. The number of H-pyrrole nitrogens is 1. The summed E-state index contributed by atoms with van der Waals surface area (Å²) in [7, 11) is 0. The Hall–Kier alpha value is -3.99. The molecule has 2 aromatic carbocycles. The number of nitrogens with one attached hydrogen (secondary N) is 1. The fourth-order valence-corrected chi connectivity index (χ4v) is 3.60. The van der Waals surface area contributed by atoms with Crippen LogP contribution in [0.5, 0.6) is 0 Å². The van der Waals surface area contributed by atoms with Gasteiger partial charge in [-0.05, 0) is 11.6 Å². The fourth-order valence-electron chi connectivity index (χ4n) is 3.60. The average molecular weight is 456 g/mol. The molecule has 0 amide bonds. The minimum Gasteiger partial charge on any atom is -0.381 e. The molecule has 170 valence electrons. The highest BCUT2D eigenvalue weighted by Gasteiger charge is 2.36. The van der Waals surface area contributed by atoms with Crippen LogP contribution in [0.3, 0.4) is 0 Å². The number of benzene rings is 2. The molecule has 0 saturated heterocycles. The van der Waals surface area contributed by atoms with E-state index >= 15 is 0 Å². The van der Waals surface area contributed by atoms with Crippen LogP contribution in [-0.4, -0.2) is 36.4 Å². The first-order chi connectivity index (χ1) is 15.8. The maximum Gasteiger partial charge on any atom is 0.346 e. The topological polar surface area (TPSA) is 99.9 Å². The number of aromatic nitrogens is 5. The first-order valence-electron chi connectivity index (χ1n) is 9.88. The van der Waals surface area contributed by atoms with Crippen molar-refractivity contribution in [2.75, 3.05) is 11.4 Å². The molecule has 0 radical (unpaired) electrons. The Labute approximate surface area is 186 Å². The summed E-state index contributed by atoms with van der Waals surface area (Å²) in [6.45, 7) is -0.612. The lowest BCUT2D eigenvalue weighted by atomic mass is 9.92. The predicted molar refractivity (Wildman–Crippen MR) is 113 cm³/mol. The third-order valence-electron chi connectivity index (χ3n) is 5.05. The summed E-state index contributed by atoms with van der Waals surface area (Å²) in [6.07, 6.45) is 3.33. The SMILES string of the molecule is O=c1ncc(F)c(N(Cc2ccccc2)CC(O)(Cn2cncn2)c2ccc(F)cc2F)[nH]1. The van der Waals surface area contributed by atoms with Crippen LogP contribution in [0.2, 0.25) is 0 Å². The molecule has 2 N–H and O–H groups in total. The van der Waals surface area contributed by atoms with E-state index in [1.807, 2.05) is 0 Å². The highest BCUT2D eigenvalue weighted by molar-refractivity contribution is 5.41. The largest absolute Gasteiger partial charge is 0.381 e. The summed E-state index contributed by atoms with van der Waals surface area (Å²) in [5.41, 5.74) is -2.31. The molecule has 0 bridgehead atoms. The van der Waals surface area contributed by atoms with Crippen LogP contribution >= 0.6 is 0 Å². The standard InChI is InChI=1S/C22H19F3N6O2/c23-16-6-7-17(18(24)8-16)22(33,12-31-14-26-13-28-31)11-30(10-15-4-2-1-3-5-15)20-19(25)9-27-21(32)29-20/h1-9,13-14,33H,10-12H2,(H,27,29,32). The maximum atomic E-state index is 14.8. The number of aliphatic hydroxyl groups is 1. The molecule has 0 aliphatic carbocycles. The van der Waals surface area contributed by atoms with Gasteiger partial charge in [-0.15, -0.1) is 0 Å². The number of hydrogen-bond donors (Lipinski definition) is 2. The van der Waals surface area contributed by atoms with Gasteiger partial charge in [0.25, 0.3) is 0 Å². The summed E-state index contributed by atoms with van der Waals surface area (Å²) in [5.74, 6) is -2.88. The summed E-state index contributed by atoms with van der Waals surface area (Å²) in [4.78, 5) is 22.7. The van der Waals surface area contributed by atoms with Gasteiger partial charge in [0.05, 0.1) is 19.3 Å². The molecular formula is C22H19F3N6O2. The molecule has 4 rings (SSSR count). The lowest BCUT2D eigenvalue weighted by molar-refractivity contribution is 0.0179. The normalized spacial score (nSPS) is 13.0. The van der Waals surface area contributed by atoms with Crippen molar-refractivity contribution in [1.29, 1.82) is 0 Å². The van der Waals surface area contributed by atoms with Crippen LogP contribution in [0.25, 0.3) is 0 Å². The van der Waals surface area contributed by atoms with Gasteiger partial charge >= 0.3 is 5.69 Å². The molecule has 0 saturated carbocycles. The van der Waals surface area contributed by atoms with Crippen molar-refractivity contribution in [2.24, 2.45) is 0 Å². The van der Waals surface area contributed by atoms with Gasteiger partial charge < -0.3 is 10.0 Å². The number of hydrogen-bond acceptors (Lipinski definition) is 6. The van der Waals surface area contributed by atoms with Crippen molar-refractivity contribution < 1.29 is 18.3 Å². The van der Waals surface area contributed by atoms with Gasteiger partial charge in [0.2, 0.25) is 0 Å². The molecule has 1 unspecified atom stereocenters. The van der Waals surface area contributed by atoms with Crippen molar-refractivity contribution in [1.82, 2.24) is 24.7 Å². The van der Waals surface area contributed by atoms with E-state index in [1.165, 1.54) is 22.2 Å². The Morgan fingerprint density at radius 3 is 2.58 bits per heavy atom. The molecule has 4 aromatic rings. The minimum absolute atomic E-state index is 0.0557. The molecule has 2 heterocycles. The molecule has 1 atom stereocenters. The molecule has 0 aliphatic heterocycles. The highest BCUT2D eigenvalue weighted by atomic mass is 19.1. The summed E-state index contributed by atoms with van der Waals surface area (Å²) in [6, 6.07) is 11.7. The van der Waals surface area contributed by atoms with E-state index in [9.17, 15) is 23.1 Å². The zero-order valence-electron chi connectivity index (χ0n) is 17.2. The molecule has 33 heavy (non-hydrogen) atoms. The second-order valence-corrected chi connectivity index (χ2v) is 7.48. The summed E-state index contributed by atoms with van der Waals surface area (Å²) < 4.78 is 44.3. The Bertz CT molecular complexity index is 1280. The molecule has 8 nitrogen and oxygen atoms in total. The van der Waals surface area contributed by atoms with Gasteiger partial charge in [0.15, 0.2) is 5.82 Å². The quantitative estimate of drug-likeness (QED) is 0.422. The lowest BCUT2D eigenvalue weighted by Crippen LogP contribution is -2.45. The molecule has 0 spiro atoms. The number of halogens is 3. The predicted octanol–water partition coefficient (Wildman–Crippen LogP) is 2.37. The number of aromatic amines is 1. The zero-order chi connectivity index (χ0) is 23.4. The van der Waals surface area contributed by atoms with E-state index in [4.69, 9.17) is 0 Å². The third-order valence-corrected chi connectivity index (χ3v) is 5.05. The van der Waals surface area contributed by atoms with Gasteiger partial charge in [0, 0.05) is 18.2 Å². The molecule has 2 aromatic heterocycles. The van der Waals surface area contributed by atoms with Crippen LogP contribution in [0, 0.1) is 17.5 Å². The fraction of sp³-hybridized carbons (Fsp3) is 0.182. The van der Waals surface area contributed by atoms with E-state index in [0.29, 0.717) is 6.07 Å². The van der Waals surface area contributed by atoms with Crippen LogP contribution in [0.1, 0.15) is 11.1 Å². The molecular weight excluding hydrogens is 437 g/mol. The highest BCUT2D eigenvalue weighted by Crippen LogP contribution is 2.30. The van der Waals surface area contributed by atoms with Crippen molar-refractivity contribution >= 4 is 5.82 Å². The van der Waals surface area contributed by atoms with Gasteiger partial charge in [-0.1, -0.05) is 36.4 Å². The zero-order valence-corrected chi connectivity index (χ0v) is 17.2. The second-order valence-electron chi connectivity index (χ2n) is 7.48. The van der Waals surface area contributed by atoms with Gasteiger partial charge in [-0.3, -0.25) is 4.98 Å². The van der Waals surface area contributed by atoms with Gasteiger partial charge in [-0.2, -0.15) is 10.1 Å². The van der Waals surface area contributed by atoms with Crippen LogP contribution in [0.15, 0.2) is 72.2 Å². The Kier molecular flexibility index (Phi) is 6.22. The summed E-state index contributed by atoms with van der Waals surface area (Å²) in [5, 5.41) is 15.6. The molecule has 11 heteroatoms. The Morgan fingerprint density at radius 1 is 1.09 bits per heavy atom. The number of anilines is 1. The lowest BCUT2D eigenvalue weighted by Gasteiger charge is -2.35.